The Balaban J connectivity index is 2.39. The summed E-state index contributed by atoms with van der Waals surface area (Å²) in [6.07, 6.45) is 0. The van der Waals surface area contributed by atoms with Crippen molar-refractivity contribution in [3.8, 4) is 17.8 Å². The number of carboxylic acids is 1. The summed E-state index contributed by atoms with van der Waals surface area (Å²) in [7, 11) is 1.37. The third-order valence-electron chi connectivity index (χ3n) is 2.32. The van der Waals surface area contributed by atoms with Gasteiger partial charge in [-0.3, -0.25) is 0 Å². The van der Waals surface area contributed by atoms with Gasteiger partial charge in [-0.25, -0.2) is 4.79 Å². The Labute approximate surface area is 119 Å². The second kappa shape index (κ2) is 5.70. The van der Waals surface area contributed by atoms with Crippen LogP contribution >= 0.6 is 11.6 Å². The molecule has 0 bridgehead atoms. The Morgan fingerprint density at radius 3 is 2.60 bits per heavy atom. The smallest absolute Gasteiger partial charge is 0.339 e. The molecule has 0 saturated heterocycles. The summed E-state index contributed by atoms with van der Waals surface area (Å²) in [5.74, 6) is -1.01. The summed E-state index contributed by atoms with van der Waals surface area (Å²) in [4.78, 5) is 22.4. The van der Waals surface area contributed by atoms with Crippen molar-refractivity contribution in [1.29, 1.82) is 0 Å². The van der Waals surface area contributed by atoms with Crippen LogP contribution in [0.4, 0.5) is 0 Å². The monoisotopic (exact) mass is 295 g/mol. The van der Waals surface area contributed by atoms with Crippen LogP contribution in [-0.2, 0) is 0 Å². The lowest BCUT2D eigenvalue weighted by Gasteiger charge is -2.08. The van der Waals surface area contributed by atoms with E-state index in [1.807, 2.05) is 0 Å². The lowest BCUT2D eigenvalue weighted by Crippen LogP contribution is -2.03. The van der Waals surface area contributed by atoms with E-state index in [1.54, 1.807) is 13.0 Å². The molecule has 0 unspecified atom stereocenters. The molecule has 0 saturated carbocycles. The van der Waals surface area contributed by atoms with Crippen LogP contribution in [0.25, 0.3) is 0 Å². The molecule has 0 spiro atoms. The number of hydrogen-bond acceptors (Lipinski definition) is 6. The predicted molar refractivity (Wildman–Crippen MR) is 69.6 cm³/mol. The first-order valence-electron chi connectivity index (χ1n) is 5.47. The Morgan fingerprint density at radius 2 is 1.95 bits per heavy atom. The summed E-state index contributed by atoms with van der Waals surface area (Å²) < 4.78 is 10.2. The molecule has 0 radical (unpaired) electrons. The van der Waals surface area contributed by atoms with Gasteiger partial charge in [-0.1, -0.05) is 11.6 Å². The molecule has 104 valence electrons. The number of methoxy groups -OCH3 is 1. The van der Waals surface area contributed by atoms with E-state index in [9.17, 15) is 4.79 Å². The van der Waals surface area contributed by atoms with Crippen LogP contribution in [0, 0.1) is 6.92 Å². The average molecular weight is 296 g/mol. The number of aryl methyl sites for hydroxylation is 1. The number of carbonyl (C=O) groups is 1. The highest BCUT2D eigenvalue weighted by molar-refractivity contribution is 6.28. The van der Waals surface area contributed by atoms with E-state index >= 15 is 0 Å². The van der Waals surface area contributed by atoms with Gasteiger partial charge in [0.15, 0.2) is 0 Å². The van der Waals surface area contributed by atoms with Crippen LogP contribution in [0.15, 0.2) is 18.2 Å². The van der Waals surface area contributed by atoms with Crippen molar-refractivity contribution < 1.29 is 19.4 Å². The Morgan fingerprint density at radius 1 is 1.25 bits per heavy atom. The SMILES string of the molecule is COc1nc(Cl)nc(Oc2ccc(C)cc2C(=O)O)n1. The van der Waals surface area contributed by atoms with Gasteiger partial charge in [-0.15, -0.1) is 4.98 Å². The first kappa shape index (κ1) is 14.0. The molecule has 1 N–H and O–H groups in total. The first-order valence-corrected chi connectivity index (χ1v) is 5.84. The van der Waals surface area contributed by atoms with Crippen molar-refractivity contribution in [2.45, 2.75) is 6.92 Å². The van der Waals surface area contributed by atoms with E-state index < -0.39 is 5.97 Å². The zero-order valence-electron chi connectivity index (χ0n) is 10.6. The standard InChI is InChI=1S/C12H10ClN3O4/c1-6-3-4-8(7(5-6)9(17)18)20-12-15-10(13)14-11(16-12)19-2/h3-5H,1-2H3,(H,17,18). The summed E-state index contributed by atoms with van der Waals surface area (Å²) in [5.41, 5.74) is 0.793. The number of halogens is 1. The quantitative estimate of drug-likeness (QED) is 0.925. The zero-order valence-corrected chi connectivity index (χ0v) is 11.4. The fourth-order valence-electron chi connectivity index (χ4n) is 1.45. The number of ether oxygens (including phenoxy) is 2. The zero-order chi connectivity index (χ0) is 14.7. The van der Waals surface area contributed by atoms with Gasteiger partial charge < -0.3 is 14.6 Å². The van der Waals surface area contributed by atoms with E-state index in [1.165, 1.54) is 19.2 Å². The number of aromatic nitrogens is 3. The molecule has 7 nitrogen and oxygen atoms in total. The van der Waals surface area contributed by atoms with Crippen LogP contribution in [0.2, 0.25) is 5.28 Å². The van der Waals surface area contributed by atoms with Crippen LogP contribution in [-0.4, -0.2) is 33.1 Å². The van der Waals surface area contributed by atoms with Gasteiger partial charge in [0.05, 0.1) is 7.11 Å². The normalized spacial score (nSPS) is 10.2. The Hall–Kier alpha value is -2.41. The van der Waals surface area contributed by atoms with Crippen molar-refractivity contribution in [3.63, 3.8) is 0 Å². The van der Waals surface area contributed by atoms with Gasteiger partial charge in [-0.2, -0.15) is 9.97 Å². The molecular formula is C12H10ClN3O4. The molecule has 2 rings (SSSR count). The fourth-order valence-corrected chi connectivity index (χ4v) is 1.59. The highest BCUT2D eigenvalue weighted by atomic mass is 35.5. The van der Waals surface area contributed by atoms with Gasteiger partial charge in [-0.05, 0) is 30.7 Å². The van der Waals surface area contributed by atoms with Crippen molar-refractivity contribution in [2.75, 3.05) is 7.11 Å². The lowest BCUT2D eigenvalue weighted by atomic mass is 10.1. The van der Waals surface area contributed by atoms with E-state index in [4.69, 9.17) is 26.2 Å². The maximum atomic E-state index is 11.2. The maximum absolute atomic E-state index is 11.2. The molecule has 2 aromatic rings. The number of carboxylic acid groups (broad SMARTS) is 1. The molecule has 0 fully saturated rings. The number of nitrogens with zero attached hydrogens (tertiary/aromatic N) is 3. The molecular weight excluding hydrogens is 286 g/mol. The third-order valence-corrected chi connectivity index (χ3v) is 2.49. The van der Waals surface area contributed by atoms with E-state index in [0.717, 1.165) is 5.56 Å². The Bertz CT molecular complexity index is 663. The molecule has 0 amide bonds. The summed E-state index contributed by atoms with van der Waals surface area (Å²) in [5, 5.41) is 9.02. The predicted octanol–water partition coefficient (Wildman–Crippen LogP) is 2.33. The van der Waals surface area contributed by atoms with Crippen LogP contribution in [0.3, 0.4) is 0 Å². The van der Waals surface area contributed by atoms with Crippen molar-refractivity contribution >= 4 is 17.6 Å². The van der Waals surface area contributed by atoms with Gasteiger partial charge >= 0.3 is 18.0 Å². The van der Waals surface area contributed by atoms with E-state index in [0.29, 0.717) is 0 Å². The largest absolute Gasteiger partial charge is 0.478 e. The fraction of sp³-hybridized carbons (Fsp3) is 0.167. The second-order valence-electron chi connectivity index (χ2n) is 3.78. The molecule has 1 heterocycles. The van der Waals surface area contributed by atoms with E-state index in [-0.39, 0.29) is 28.6 Å². The summed E-state index contributed by atoms with van der Waals surface area (Å²) >= 11 is 5.68. The summed E-state index contributed by atoms with van der Waals surface area (Å²) in [6.45, 7) is 1.78. The molecule has 1 aromatic carbocycles. The number of rotatable bonds is 4. The van der Waals surface area contributed by atoms with Crippen LogP contribution in [0.5, 0.6) is 17.8 Å². The molecule has 20 heavy (non-hydrogen) atoms. The van der Waals surface area contributed by atoms with Gasteiger partial charge in [0.2, 0.25) is 5.28 Å². The average Bonchev–Trinajstić information content (AvgIpc) is 2.40. The molecule has 0 aliphatic heterocycles. The van der Waals surface area contributed by atoms with Gasteiger partial charge in [0.1, 0.15) is 11.3 Å². The molecule has 0 atom stereocenters. The van der Waals surface area contributed by atoms with Crippen LogP contribution < -0.4 is 9.47 Å². The molecule has 0 aliphatic rings. The highest BCUT2D eigenvalue weighted by Gasteiger charge is 2.15. The van der Waals surface area contributed by atoms with Crippen LogP contribution in [0.1, 0.15) is 15.9 Å². The van der Waals surface area contributed by atoms with E-state index in [2.05, 4.69) is 15.0 Å². The van der Waals surface area contributed by atoms with Gasteiger partial charge in [0.25, 0.3) is 0 Å². The van der Waals surface area contributed by atoms with Gasteiger partial charge in [0, 0.05) is 0 Å². The molecule has 0 aliphatic carbocycles. The lowest BCUT2D eigenvalue weighted by molar-refractivity contribution is 0.0694. The number of hydrogen-bond donors (Lipinski definition) is 1. The van der Waals surface area contributed by atoms with Crippen molar-refractivity contribution in [3.05, 3.63) is 34.6 Å². The second-order valence-corrected chi connectivity index (χ2v) is 4.12. The minimum atomic E-state index is -1.11. The summed E-state index contributed by atoms with van der Waals surface area (Å²) in [6, 6.07) is 4.54. The van der Waals surface area contributed by atoms with Crippen molar-refractivity contribution in [2.24, 2.45) is 0 Å². The number of benzene rings is 1. The maximum Gasteiger partial charge on any atom is 0.339 e. The van der Waals surface area contributed by atoms with Crippen molar-refractivity contribution in [1.82, 2.24) is 15.0 Å². The topological polar surface area (TPSA) is 94.4 Å². The highest BCUT2D eigenvalue weighted by Crippen LogP contribution is 2.25. The molecule has 1 aromatic heterocycles. The first-order chi connectivity index (χ1) is 9.49. The Kier molecular flexibility index (Phi) is 3.99. The third kappa shape index (κ3) is 3.12. The minimum absolute atomic E-state index is 0.000464. The molecule has 8 heteroatoms. The minimum Gasteiger partial charge on any atom is -0.478 e. The number of aromatic carboxylic acids is 1.